The van der Waals surface area contributed by atoms with Gasteiger partial charge in [0.15, 0.2) is 0 Å². The Morgan fingerprint density at radius 3 is 2.60 bits per heavy atom. The molecular formula is C15H15N3O2. The van der Waals surface area contributed by atoms with Crippen LogP contribution in [0.3, 0.4) is 0 Å². The fraction of sp³-hybridized carbons (Fsp3) is 0.267. The zero-order chi connectivity index (χ0) is 13.9. The van der Waals surface area contributed by atoms with E-state index in [1.807, 2.05) is 12.1 Å². The highest BCUT2D eigenvalue weighted by Gasteiger charge is 2.26. The van der Waals surface area contributed by atoms with Gasteiger partial charge in [-0.05, 0) is 25.0 Å². The summed E-state index contributed by atoms with van der Waals surface area (Å²) in [7, 11) is 1.57. The molecule has 1 saturated carbocycles. The number of hydrogen-bond donors (Lipinski definition) is 1. The fourth-order valence-corrected chi connectivity index (χ4v) is 1.95. The summed E-state index contributed by atoms with van der Waals surface area (Å²) in [4.78, 5) is 20.6. The van der Waals surface area contributed by atoms with Crippen LogP contribution in [0.2, 0.25) is 0 Å². The first-order chi connectivity index (χ1) is 9.78. The molecule has 1 aliphatic carbocycles. The van der Waals surface area contributed by atoms with E-state index in [2.05, 4.69) is 15.3 Å². The quantitative estimate of drug-likeness (QED) is 0.926. The molecule has 1 aliphatic rings. The number of benzene rings is 1. The molecule has 3 rings (SSSR count). The van der Waals surface area contributed by atoms with Crippen molar-refractivity contribution in [3.63, 3.8) is 0 Å². The Kier molecular flexibility index (Phi) is 3.33. The van der Waals surface area contributed by atoms with E-state index in [9.17, 15) is 4.79 Å². The average Bonchev–Trinajstić information content (AvgIpc) is 3.32. The minimum atomic E-state index is -0.239. The second-order valence-electron chi connectivity index (χ2n) is 4.76. The number of methoxy groups -OCH3 is 1. The standard InChI is InChI=1S/C15H15N3O2/c1-20-13-5-3-2-4-12(13)18-15(19)11-8-16-14(17-9-11)10-6-7-10/h2-5,8-10H,6-7H2,1H3,(H,18,19). The van der Waals surface area contributed by atoms with Gasteiger partial charge < -0.3 is 10.1 Å². The van der Waals surface area contributed by atoms with Gasteiger partial charge in [-0.2, -0.15) is 0 Å². The Morgan fingerprint density at radius 2 is 1.95 bits per heavy atom. The Hall–Kier alpha value is -2.43. The van der Waals surface area contributed by atoms with Gasteiger partial charge in [0.25, 0.3) is 5.91 Å². The first kappa shape index (κ1) is 12.6. The van der Waals surface area contributed by atoms with Crippen LogP contribution >= 0.6 is 0 Å². The van der Waals surface area contributed by atoms with Gasteiger partial charge in [0.2, 0.25) is 0 Å². The summed E-state index contributed by atoms with van der Waals surface area (Å²) in [6.45, 7) is 0. The van der Waals surface area contributed by atoms with Crippen molar-refractivity contribution in [1.82, 2.24) is 9.97 Å². The Labute approximate surface area is 117 Å². The summed E-state index contributed by atoms with van der Waals surface area (Å²) in [5, 5.41) is 2.80. The topological polar surface area (TPSA) is 64.1 Å². The average molecular weight is 269 g/mol. The third kappa shape index (κ3) is 2.61. The Balaban J connectivity index is 1.75. The molecule has 20 heavy (non-hydrogen) atoms. The zero-order valence-electron chi connectivity index (χ0n) is 11.2. The smallest absolute Gasteiger partial charge is 0.258 e. The lowest BCUT2D eigenvalue weighted by Gasteiger charge is -2.09. The molecule has 1 aromatic heterocycles. The maximum absolute atomic E-state index is 12.1. The molecule has 1 N–H and O–H groups in total. The van der Waals surface area contributed by atoms with Gasteiger partial charge in [0.1, 0.15) is 11.6 Å². The van der Waals surface area contributed by atoms with Gasteiger partial charge in [0.05, 0.1) is 18.4 Å². The normalized spacial score (nSPS) is 13.8. The number of anilines is 1. The van der Waals surface area contributed by atoms with E-state index in [1.165, 1.54) is 0 Å². The number of nitrogens with zero attached hydrogens (tertiary/aromatic N) is 2. The molecular weight excluding hydrogens is 254 g/mol. The van der Waals surface area contributed by atoms with Gasteiger partial charge in [0, 0.05) is 18.3 Å². The highest BCUT2D eigenvalue weighted by Crippen LogP contribution is 2.37. The largest absolute Gasteiger partial charge is 0.495 e. The van der Waals surface area contributed by atoms with Crippen molar-refractivity contribution in [3.05, 3.63) is 48.0 Å². The lowest BCUT2D eigenvalue weighted by atomic mass is 10.2. The first-order valence-corrected chi connectivity index (χ1v) is 6.54. The van der Waals surface area contributed by atoms with E-state index in [4.69, 9.17) is 4.74 Å². The highest BCUT2D eigenvalue weighted by molar-refractivity contribution is 6.04. The maximum atomic E-state index is 12.1. The second-order valence-corrected chi connectivity index (χ2v) is 4.76. The second kappa shape index (κ2) is 5.28. The number of carbonyl (C=O) groups is 1. The number of nitrogens with one attached hydrogen (secondary N) is 1. The summed E-state index contributed by atoms with van der Waals surface area (Å²) in [6, 6.07) is 7.27. The number of para-hydroxylation sites is 2. The first-order valence-electron chi connectivity index (χ1n) is 6.54. The highest BCUT2D eigenvalue weighted by atomic mass is 16.5. The van der Waals surface area contributed by atoms with Crippen molar-refractivity contribution in [3.8, 4) is 5.75 Å². The number of rotatable bonds is 4. The molecule has 1 aromatic carbocycles. The van der Waals surface area contributed by atoms with E-state index in [1.54, 1.807) is 31.6 Å². The van der Waals surface area contributed by atoms with Crippen LogP contribution in [-0.4, -0.2) is 23.0 Å². The molecule has 5 heteroatoms. The molecule has 1 heterocycles. The molecule has 5 nitrogen and oxygen atoms in total. The van der Waals surface area contributed by atoms with E-state index >= 15 is 0 Å². The lowest BCUT2D eigenvalue weighted by molar-refractivity contribution is 0.102. The van der Waals surface area contributed by atoms with Crippen LogP contribution in [0.25, 0.3) is 0 Å². The predicted octanol–water partition coefficient (Wildman–Crippen LogP) is 2.61. The molecule has 2 aromatic rings. The van der Waals surface area contributed by atoms with Crippen molar-refractivity contribution >= 4 is 11.6 Å². The van der Waals surface area contributed by atoms with Crippen molar-refractivity contribution in [2.45, 2.75) is 18.8 Å². The predicted molar refractivity (Wildman–Crippen MR) is 75.0 cm³/mol. The summed E-state index contributed by atoms with van der Waals surface area (Å²) >= 11 is 0. The van der Waals surface area contributed by atoms with Crippen molar-refractivity contribution < 1.29 is 9.53 Å². The van der Waals surface area contributed by atoms with E-state index in [-0.39, 0.29) is 5.91 Å². The number of aromatic nitrogens is 2. The molecule has 102 valence electrons. The summed E-state index contributed by atoms with van der Waals surface area (Å²) < 4.78 is 5.19. The minimum absolute atomic E-state index is 0.239. The van der Waals surface area contributed by atoms with Crippen LogP contribution in [0.4, 0.5) is 5.69 Å². The van der Waals surface area contributed by atoms with Gasteiger partial charge >= 0.3 is 0 Å². The monoisotopic (exact) mass is 269 g/mol. The molecule has 1 amide bonds. The molecule has 0 aliphatic heterocycles. The van der Waals surface area contributed by atoms with Crippen LogP contribution in [0.15, 0.2) is 36.7 Å². The Morgan fingerprint density at radius 1 is 1.25 bits per heavy atom. The SMILES string of the molecule is COc1ccccc1NC(=O)c1cnc(C2CC2)nc1. The summed E-state index contributed by atoms with van der Waals surface area (Å²) in [5.41, 5.74) is 1.08. The van der Waals surface area contributed by atoms with E-state index in [0.29, 0.717) is 22.9 Å². The molecule has 0 radical (unpaired) electrons. The molecule has 0 saturated heterocycles. The third-order valence-electron chi connectivity index (χ3n) is 3.23. The molecule has 0 atom stereocenters. The van der Waals surface area contributed by atoms with Crippen LogP contribution < -0.4 is 10.1 Å². The van der Waals surface area contributed by atoms with Gasteiger partial charge in [-0.3, -0.25) is 4.79 Å². The maximum Gasteiger partial charge on any atom is 0.258 e. The van der Waals surface area contributed by atoms with Crippen LogP contribution in [0, 0.1) is 0 Å². The zero-order valence-corrected chi connectivity index (χ0v) is 11.2. The lowest BCUT2D eigenvalue weighted by Crippen LogP contribution is -2.13. The number of ether oxygens (including phenoxy) is 1. The van der Waals surface area contributed by atoms with Crippen molar-refractivity contribution in [2.75, 3.05) is 12.4 Å². The molecule has 1 fully saturated rings. The van der Waals surface area contributed by atoms with Gasteiger partial charge in [-0.15, -0.1) is 0 Å². The third-order valence-corrected chi connectivity index (χ3v) is 3.23. The van der Waals surface area contributed by atoms with Crippen molar-refractivity contribution in [2.24, 2.45) is 0 Å². The van der Waals surface area contributed by atoms with Crippen LogP contribution in [0.5, 0.6) is 5.75 Å². The van der Waals surface area contributed by atoms with Crippen molar-refractivity contribution in [1.29, 1.82) is 0 Å². The number of hydrogen-bond acceptors (Lipinski definition) is 4. The van der Waals surface area contributed by atoms with E-state index in [0.717, 1.165) is 18.7 Å². The fourth-order valence-electron chi connectivity index (χ4n) is 1.95. The van der Waals surface area contributed by atoms with Crippen LogP contribution in [-0.2, 0) is 0 Å². The van der Waals surface area contributed by atoms with Gasteiger partial charge in [-0.1, -0.05) is 12.1 Å². The van der Waals surface area contributed by atoms with E-state index < -0.39 is 0 Å². The molecule has 0 spiro atoms. The number of carbonyl (C=O) groups excluding carboxylic acids is 1. The number of amides is 1. The summed E-state index contributed by atoms with van der Waals surface area (Å²) in [6.07, 6.45) is 5.44. The molecule has 0 bridgehead atoms. The van der Waals surface area contributed by atoms with Crippen LogP contribution in [0.1, 0.15) is 34.9 Å². The minimum Gasteiger partial charge on any atom is -0.495 e. The molecule has 0 unspecified atom stereocenters. The Bertz CT molecular complexity index is 621. The van der Waals surface area contributed by atoms with Gasteiger partial charge in [-0.25, -0.2) is 9.97 Å². The summed E-state index contributed by atoms with van der Waals surface area (Å²) in [5.74, 6) is 1.70.